The minimum Gasteiger partial charge on any atom is -0.505 e. The third kappa shape index (κ3) is 0.586. The largest absolute Gasteiger partial charge is 0.505 e. The Hall–Kier alpha value is -1.72. The predicted octanol–water partition coefficient (Wildman–Crippen LogP) is -0.775. The van der Waals surface area contributed by atoms with Gasteiger partial charge in [-0.15, -0.1) is 0 Å². The molecule has 0 saturated heterocycles. The van der Waals surface area contributed by atoms with E-state index in [-0.39, 0.29) is 5.75 Å². The quantitative estimate of drug-likeness (QED) is 0.515. The molecule has 0 unspecified atom stereocenters. The van der Waals surface area contributed by atoms with Crippen molar-refractivity contribution in [2.75, 3.05) is 0 Å². The summed E-state index contributed by atoms with van der Waals surface area (Å²) in [4.78, 5) is 3.72. The van der Waals surface area contributed by atoms with Crippen LogP contribution in [-0.4, -0.2) is 30.1 Å². The monoisotopic (exact) mass is 137 g/mol. The van der Waals surface area contributed by atoms with Gasteiger partial charge in [-0.3, -0.25) is 0 Å². The second-order valence-electron chi connectivity index (χ2n) is 1.74. The van der Waals surface area contributed by atoms with Gasteiger partial charge in [0.05, 0.1) is 12.4 Å². The molecule has 0 bridgehead atoms. The molecule has 0 saturated carbocycles. The first kappa shape index (κ1) is 5.10. The minimum atomic E-state index is 0.0415. The van der Waals surface area contributed by atoms with Crippen molar-refractivity contribution in [1.29, 1.82) is 0 Å². The summed E-state index contributed by atoms with van der Waals surface area (Å²) in [5, 5.41) is 19.3. The number of tetrazole rings is 1. The molecule has 6 heteroatoms. The summed E-state index contributed by atoms with van der Waals surface area (Å²) in [5.41, 5.74) is 0. The molecule has 0 radical (unpaired) electrons. The molecule has 50 valence electrons. The van der Waals surface area contributed by atoms with Gasteiger partial charge in [0.2, 0.25) is 0 Å². The van der Waals surface area contributed by atoms with Crippen molar-refractivity contribution >= 4 is 5.78 Å². The van der Waals surface area contributed by atoms with E-state index in [1.165, 1.54) is 16.9 Å². The Balaban J connectivity index is 2.86. The molecule has 2 heterocycles. The number of rotatable bonds is 0. The molecule has 2 aromatic heterocycles. The van der Waals surface area contributed by atoms with Crippen LogP contribution in [0.1, 0.15) is 0 Å². The van der Waals surface area contributed by atoms with E-state index < -0.39 is 0 Å². The number of aromatic hydroxyl groups is 1. The van der Waals surface area contributed by atoms with Crippen molar-refractivity contribution in [1.82, 2.24) is 25.0 Å². The van der Waals surface area contributed by atoms with Crippen LogP contribution >= 0.6 is 0 Å². The zero-order chi connectivity index (χ0) is 6.97. The SMILES string of the molecule is Oc1cnc2nnnn2c1. The maximum Gasteiger partial charge on any atom is 0.273 e. The lowest BCUT2D eigenvalue weighted by atomic mass is 10.6. The van der Waals surface area contributed by atoms with E-state index >= 15 is 0 Å². The average Bonchev–Trinajstić information content (AvgIpc) is 2.33. The molecule has 0 aliphatic carbocycles. The van der Waals surface area contributed by atoms with Crippen LogP contribution in [0.4, 0.5) is 0 Å². The number of hydrogen-bond donors (Lipinski definition) is 1. The number of aromatic nitrogens is 5. The molecule has 6 nitrogen and oxygen atoms in total. The van der Waals surface area contributed by atoms with Gasteiger partial charge in [-0.05, 0) is 10.4 Å². The van der Waals surface area contributed by atoms with E-state index in [0.717, 1.165) is 0 Å². The first-order valence-corrected chi connectivity index (χ1v) is 2.59. The zero-order valence-electron chi connectivity index (χ0n) is 4.84. The fourth-order valence-corrected chi connectivity index (χ4v) is 0.640. The average molecular weight is 137 g/mol. The third-order valence-corrected chi connectivity index (χ3v) is 1.04. The molecule has 2 aromatic rings. The second-order valence-corrected chi connectivity index (χ2v) is 1.74. The first-order valence-electron chi connectivity index (χ1n) is 2.59. The van der Waals surface area contributed by atoms with E-state index in [1.54, 1.807) is 0 Å². The summed E-state index contributed by atoms with van der Waals surface area (Å²) in [7, 11) is 0. The lowest BCUT2D eigenvalue weighted by Crippen LogP contribution is -1.88. The summed E-state index contributed by atoms with van der Waals surface area (Å²) >= 11 is 0. The third-order valence-electron chi connectivity index (χ3n) is 1.04. The van der Waals surface area contributed by atoms with Crippen LogP contribution in [0.2, 0.25) is 0 Å². The predicted molar refractivity (Wildman–Crippen MR) is 30.2 cm³/mol. The Morgan fingerprint density at radius 2 is 2.40 bits per heavy atom. The summed E-state index contributed by atoms with van der Waals surface area (Å²) in [6.07, 6.45) is 2.66. The van der Waals surface area contributed by atoms with E-state index in [9.17, 15) is 0 Å². The van der Waals surface area contributed by atoms with Crippen molar-refractivity contribution in [3.05, 3.63) is 12.4 Å². The molecule has 1 N–H and O–H groups in total. The highest BCUT2D eigenvalue weighted by atomic mass is 16.3. The van der Waals surface area contributed by atoms with Crippen molar-refractivity contribution < 1.29 is 5.11 Å². The van der Waals surface area contributed by atoms with Crippen molar-refractivity contribution in [2.45, 2.75) is 0 Å². The Bertz CT molecular complexity index is 355. The van der Waals surface area contributed by atoms with Gasteiger partial charge < -0.3 is 5.11 Å². The van der Waals surface area contributed by atoms with Crippen LogP contribution in [-0.2, 0) is 0 Å². The number of fused-ring (bicyclic) bond motifs is 1. The Morgan fingerprint density at radius 1 is 1.50 bits per heavy atom. The van der Waals surface area contributed by atoms with Crippen LogP contribution in [0.15, 0.2) is 12.4 Å². The van der Waals surface area contributed by atoms with Crippen LogP contribution in [0.5, 0.6) is 5.75 Å². The van der Waals surface area contributed by atoms with Crippen molar-refractivity contribution in [3.63, 3.8) is 0 Å². The van der Waals surface area contributed by atoms with Crippen molar-refractivity contribution in [2.24, 2.45) is 0 Å². The Labute approximate surface area is 55.1 Å². The highest BCUT2D eigenvalue weighted by Crippen LogP contribution is 2.02. The second kappa shape index (κ2) is 1.63. The van der Waals surface area contributed by atoms with Crippen LogP contribution < -0.4 is 0 Å². The molecule has 10 heavy (non-hydrogen) atoms. The molecule has 0 amide bonds. The molecule has 0 atom stereocenters. The van der Waals surface area contributed by atoms with E-state index in [0.29, 0.717) is 5.78 Å². The van der Waals surface area contributed by atoms with Gasteiger partial charge in [-0.1, -0.05) is 5.10 Å². The van der Waals surface area contributed by atoms with E-state index in [4.69, 9.17) is 5.11 Å². The fraction of sp³-hybridized carbons (Fsp3) is 0. The topological polar surface area (TPSA) is 76.2 Å². The van der Waals surface area contributed by atoms with Crippen molar-refractivity contribution in [3.8, 4) is 5.75 Å². The highest BCUT2D eigenvalue weighted by molar-refractivity contribution is 5.25. The van der Waals surface area contributed by atoms with E-state index in [1.807, 2.05) is 0 Å². The summed E-state index contributed by atoms with van der Waals surface area (Å²) < 4.78 is 1.29. The lowest BCUT2D eigenvalue weighted by Gasteiger charge is -1.87. The molecule has 0 aliphatic rings. The highest BCUT2D eigenvalue weighted by Gasteiger charge is 1.96. The Morgan fingerprint density at radius 3 is 3.30 bits per heavy atom. The molecular formula is C4H3N5O. The molecule has 0 spiro atoms. The number of hydrogen-bond acceptors (Lipinski definition) is 5. The first-order chi connectivity index (χ1) is 4.86. The van der Waals surface area contributed by atoms with Gasteiger partial charge in [-0.25, -0.2) is 4.98 Å². The fourth-order valence-electron chi connectivity index (χ4n) is 0.640. The maximum absolute atomic E-state index is 8.87. The smallest absolute Gasteiger partial charge is 0.273 e. The molecule has 0 aliphatic heterocycles. The van der Waals surface area contributed by atoms with E-state index in [2.05, 4.69) is 20.5 Å². The van der Waals surface area contributed by atoms with Gasteiger partial charge in [0.1, 0.15) is 0 Å². The summed E-state index contributed by atoms with van der Waals surface area (Å²) in [5.74, 6) is 0.414. The summed E-state index contributed by atoms with van der Waals surface area (Å²) in [6, 6.07) is 0. The van der Waals surface area contributed by atoms with Gasteiger partial charge in [0.15, 0.2) is 5.75 Å². The normalized spacial score (nSPS) is 10.4. The molecular weight excluding hydrogens is 134 g/mol. The van der Waals surface area contributed by atoms with Crippen LogP contribution in [0.3, 0.4) is 0 Å². The van der Waals surface area contributed by atoms with Gasteiger partial charge in [-0.2, -0.15) is 4.52 Å². The molecule has 2 rings (SSSR count). The van der Waals surface area contributed by atoms with Gasteiger partial charge >= 0.3 is 0 Å². The molecule has 0 aromatic carbocycles. The minimum absolute atomic E-state index is 0.0415. The summed E-state index contributed by atoms with van der Waals surface area (Å²) in [6.45, 7) is 0. The van der Waals surface area contributed by atoms with Crippen LogP contribution in [0, 0.1) is 0 Å². The van der Waals surface area contributed by atoms with Crippen LogP contribution in [0.25, 0.3) is 5.78 Å². The Kier molecular flexibility index (Phi) is 0.830. The van der Waals surface area contributed by atoms with Gasteiger partial charge in [0, 0.05) is 0 Å². The maximum atomic E-state index is 8.87. The van der Waals surface area contributed by atoms with Gasteiger partial charge in [0.25, 0.3) is 5.78 Å². The standard InChI is InChI=1S/C4H3N5O/c10-3-1-5-4-6-7-8-9(4)2-3/h1-2,10H. The zero-order valence-corrected chi connectivity index (χ0v) is 4.84. The lowest BCUT2D eigenvalue weighted by molar-refractivity contribution is 0.467. The molecule has 0 fully saturated rings. The number of nitrogens with zero attached hydrogens (tertiary/aromatic N) is 5.